The predicted octanol–water partition coefficient (Wildman–Crippen LogP) is 2.98. The molecule has 1 aliphatic heterocycles. The Hall–Kier alpha value is -2.34. The van der Waals surface area contributed by atoms with Crippen molar-refractivity contribution in [2.75, 3.05) is 30.9 Å². The summed E-state index contributed by atoms with van der Waals surface area (Å²) in [6.45, 7) is 7.80. The molecule has 168 valence electrons. The fraction of sp³-hybridized carbons (Fsp3) is 0.667. The number of hydrogen-bond donors (Lipinski definition) is 1. The molecule has 1 aromatic heterocycles. The zero-order valence-electron chi connectivity index (χ0n) is 17.3. The van der Waals surface area contributed by atoms with Crippen LogP contribution in [0.4, 0.5) is 19.8 Å². The van der Waals surface area contributed by atoms with Crippen molar-refractivity contribution in [3.8, 4) is 0 Å². The van der Waals surface area contributed by atoms with Crippen LogP contribution in [0.5, 0.6) is 0 Å². The maximum absolute atomic E-state index is 14.3. The summed E-state index contributed by atoms with van der Waals surface area (Å²) in [6.07, 6.45) is -1.60. The van der Waals surface area contributed by atoms with Gasteiger partial charge in [0.2, 0.25) is 0 Å². The number of carbonyl (C=O) groups excluding carboxylic acids is 2. The van der Waals surface area contributed by atoms with Crippen molar-refractivity contribution < 1.29 is 32.9 Å². The maximum atomic E-state index is 14.3. The van der Waals surface area contributed by atoms with Crippen LogP contribution in [0.1, 0.15) is 33.9 Å². The highest BCUT2D eigenvalue weighted by atomic mass is 32.2. The third-order valence-electron chi connectivity index (χ3n) is 3.59. The van der Waals surface area contributed by atoms with Crippen molar-refractivity contribution in [3.63, 3.8) is 0 Å². The van der Waals surface area contributed by atoms with Gasteiger partial charge in [-0.05, 0) is 11.8 Å². The maximum Gasteiger partial charge on any atom is 0.508 e. The number of ether oxygens (including phenoxy) is 4. The van der Waals surface area contributed by atoms with Crippen molar-refractivity contribution in [3.05, 3.63) is 22.5 Å². The molecule has 1 aromatic rings. The van der Waals surface area contributed by atoms with E-state index in [0.717, 1.165) is 10.8 Å². The first kappa shape index (κ1) is 23.9. The van der Waals surface area contributed by atoms with Gasteiger partial charge in [0.15, 0.2) is 11.6 Å². The summed E-state index contributed by atoms with van der Waals surface area (Å²) in [5.74, 6) is -0.834. The Morgan fingerprint density at radius 1 is 1.27 bits per heavy atom. The average molecular weight is 447 g/mol. The zero-order valence-corrected chi connectivity index (χ0v) is 18.1. The summed E-state index contributed by atoms with van der Waals surface area (Å²) in [6, 6.07) is 0. The van der Waals surface area contributed by atoms with Crippen LogP contribution < -0.4 is 11.0 Å². The first-order valence-corrected chi connectivity index (χ1v) is 10.5. The molecule has 1 amide bonds. The Kier molecular flexibility index (Phi) is 8.90. The van der Waals surface area contributed by atoms with Gasteiger partial charge >= 0.3 is 17.9 Å². The van der Waals surface area contributed by atoms with E-state index in [1.165, 1.54) is 11.8 Å². The van der Waals surface area contributed by atoms with Gasteiger partial charge in [0.25, 0.3) is 0 Å². The fourth-order valence-corrected chi connectivity index (χ4v) is 3.19. The highest BCUT2D eigenvalue weighted by molar-refractivity contribution is 8.00. The van der Waals surface area contributed by atoms with Gasteiger partial charge in [-0.25, -0.2) is 18.8 Å². The van der Waals surface area contributed by atoms with E-state index in [2.05, 4.69) is 10.3 Å². The quantitative estimate of drug-likeness (QED) is 0.600. The predicted molar refractivity (Wildman–Crippen MR) is 107 cm³/mol. The van der Waals surface area contributed by atoms with Crippen LogP contribution in [0, 0.1) is 17.7 Å². The lowest BCUT2D eigenvalue weighted by Gasteiger charge is -2.16. The fourth-order valence-electron chi connectivity index (χ4n) is 2.20. The largest absolute Gasteiger partial charge is 0.508 e. The molecule has 10 nitrogen and oxygen atoms in total. The number of anilines is 1. The third-order valence-corrected chi connectivity index (χ3v) is 4.69. The van der Waals surface area contributed by atoms with E-state index in [1.54, 1.807) is 0 Å². The summed E-state index contributed by atoms with van der Waals surface area (Å²) < 4.78 is 35.6. The molecule has 0 aliphatic carbocycles. The first-order valence-electron chi connectivity index (χ1n) is 9.44. The number of aromatic nitrogens is 2. The monoisotopic (exact) mass is 447 g/mol. The van der Waals surface area contributed by atoms with Gasteiger partial charge < -0.3 is 18.9 Å². The topological polar surface area (TPSA) is 118 Å². The van der Waals surface area contributed by atoms with Crippen molar-refractivity contribution in [2.45, 2.75) is 39.4 Å². The second kappa shape index (κ2) is 11.2. The lowest BCUT2D eigenvalue weighted by Crippen LogP contribution is -2.31. The molecule has 30 heavy (non-hydrogen) atoms. The van der Waals surface area contributed by atoms with E-state index in [-0.39, 0.29) is 31.7 Å². The molecule has 1 aliphatic rings. The van der Waals surface area contributed by atoms with Crippen LogP contribution in [0.25, 0.3) is 0 Å². The SMILES string of the molecule is CC(C)COC(=O)Nc1nc(=O)n([C@@H]2CS[C@H](COC(=O)OCC(C)C)O2)cc1F. The van der Waals surface area contributed by atoms with Crippen LogP contribution >= 0.6 is 11.8 Å². The Labute approximate surface area is 177 Å². The highest BCUT2D eigenvalue weighted by Crippen LogP contribution is 2.31. The first-order chi connectivity index (χ1) is 14.2. The number of amides is 1. The van der Waals surface area contributed by atoms with E-state index in [1.807, 2.05) is 27.7 Å². The van der Waals surface area contributed by atoms with Gasteiger partial charge in [-0.3, -0.25) is 9.88 Å². The smallest absolute Gasteiger partial charge is 0.449 e. The van der Waals surface area contributed by atoms with Crippen LogP contribution in [0.2, 0.25) is 0 Å². The average Bonchev–Trinajstić information content (AvgIpc) is 3.14. The molecule has 0 radical (unpaired) electrons. The van der Waals surface area contributed by atoms with Gasteiger partial charge in [0.05, 0.1) is 19.4 Å². The molecule has 0 aromatic carbocycles. The molecular weight excluding hydrogens is 421 g/mol. The van der Waals surface area contributed by atoms with Crippen molar-refractivity contribution in [2.24, 2.45) is 11.8 Å². The summed E-state index contributed by atoms with van der Waals surface area (Å²) in [7, 11) is 0. The minimum Gasteiger partial charge on any atom is -0.449 e. The van der Waals surface area contributed by atoms with Gasteiger partial charge in [0, 0.05) is 5.75 Å². The number of nitrogens with zero attached hydrogens (tertiary/aromatic N) is 2. The highest BCUT2D eigenvalue weighted by Gasteiger charge is 2.30. The number of nitrogens with one attached hydrogen (secondary N) is 1. The summed E-state index contributed by atoms with van der Waals surface area (Å²) in [4.78, 5) is 38.9. The minimum atomic E-state index is -0.915. The van der Waals surface area contributed by atoms with E-state index >= 15 is 0 Å². The Morgan fingerprint density at radius 3 is 2.60 bits per heavy atom. The number of rotatable bonds is 8. The molecule has 2 heterocycles. The van der Waals surface area contributed by atoms with Crippen LogP contribution in [-0.4, -0.2) is 52.8 Å². The van der Waals surface area contributed by atoms with Crippen molar-refractivity contribution in [1.82, 2.24) is 9.55 Å². The van der Waals surface area contributed by atoms with E-state index in [9.17, 15) is 18.8 Å². The summed E-state index contributed by atoms with van der Waals surface area (Å²) in [5, 5.41) is 2.11. The van der Waals surface area contributed by atoms with Gasteiger partial charge in [-0.2, -0.15) is 4.98 Å². The third kappa shape index (κ3) is 7.48. The number of thioether (sulfide) groups is 1. The molecular formula is C18H26FN3O7S. The van der Waals surface area contributed by atoms with Crippen LogP contribution in [-0.2, 0) is 18.9 Å². The number of hydrogen-bond acceptors (Lipinski definition) is 9. The standard InChI is InChI=1S/C18H26FN3O7S/c1-10(2)6-26-17(24)21-15-12(19)5-22(16(23)20-15)13-9-30-14(29-13)8-28-18(25)27-7-11(3)4/h5,10-11,13-14H,6-9H2,1-4H3,(H,20,21,23,24)/t13-,14+/m0/s1. The molecule has 1 N–H and O–H groups in total. The van der Waals surface area contributed by atoms with E-state index < -0.39 is 41.2 Å². The van der Waals surface area contributed by atoms with Crippen LogP contribution in [0.15, 0.2) is 11.0 Å². The molecule has 1 saturated heterocycles. The van der Waals surface area contributed by atoms with Gasteiger partial charge in [0.1, 0.15) is 18.3 Å². The van der Waals surface area contributed by atoms with Crippen molar-refractivity contribution >= 4 is 29.8 Å². The normalized spacial score (nSPS) is 18.5. The summed E-state index contributed by atoms with van der Waals surface area (Å²) >= 11 is 1.30. The van der Waals surface area contributed by atoms with Gasteiger partial charge in [-0.1, -0.05) is 27.7 Å². The number of carbonyl (C=O) groups is 2. The van der Waals surface area contributed by atoms with E-state index in [0.29, 0.717) is 5.75 Å². The molecule has 2 rings (SSSR count). The molecule has 2 atom stereocenters. The van der Waals surface area contributed by atoms with Crippen molar-refractivity contribution in [1.29, 1.82) is 0 Å². The van der Waals surface area contributed by atoms with Crippen LogP contribution in [0.3, 0.4) is 0 Å². The minimum absolute atomic E-state index is 0.0793. The Bertz CT molecular complexity index is 802. The zero-order chi connectivity index (χ0) is 22.3. The summed E-state index contributed by atoms with van der Waals surface area (Å²) in [5.41, 5.74) is -1.35. The lowest BCUT2D eigenvalue weighted by atomic mass is 10.2. The molecule has 0 spiro atoms. The molecule has 12 heteroatoms. The lowest BCUT2D eigenvalue weighted by molar-refractivity contribution is -0.0254. The number of halogens is 1. The van der Waals surface area contributed by atoms with E-state index in [4.69, 9.17) is 18.9 Å². The second-order valence-corrected chi connectivity index (χ2v) is 8.56. The molecule has 0 bridgehead atoms. The van der Waals surface area contributed by atoms with Gasteiger partial charge in [-0.15, -0.1) is 11.8 Å². The molecule has 0 saturated carbocycles. The molecule has 1 fully saturated rings. The molecule has 0 unspecified atom stereocenters. The Morgan fingerprint density at radius 2 is 1.93 bits per heavy atom. The Balaban J connectivity index is 1.91. The second-order valence-electron chi connectivity index (χ2n) is 7.36.